The summed E-state index contributed by atoms with van der Waals surface area (Å²) >= 11 is 6.24. The first-order valence-corrected chi connectivity index (χ1v) is 6.89. The third-order valence-corrected chi connectivity index (χ3v) is 3.70. The van der Waals surface area contributed by atoms with Gasteiger partial charge in [-0.15, -0.1) is 0 Å². The summed E-state index contributed by atoms with van der Waals surface area (Å²) in [6.07, 6.45) is 0. The van der Waals surface area contributed by atoms with E-state index in [0.29, 0.717) is 27.7 Å². The Kier molecular flexibility index (Phi) is 4.22. The molecule has 2 rings (SSSR count). The van der Waals surface area contributed by atoms with E-state index < -0.39 is 18.0 Å². The largest absolute Gasteiger partial charge is 0.463 e. The van der Waals surface area contributed by atoms with Crippen molar-refractivity contribution in [1.82, 2.24) is 20.4 Å². The summed E-state index contributed by atoms with van der Waals surface area (Å²) in [7, 11) is 1.70. The lowest BCUT2D eigenvalue weighted by Gasteiger charge is -2.27. The fraction of sp³-hybridized carbons (Fsp3) is 0.462. The lowest BCUT2D eigenvalue weighted by molar-refractivity contribution is -0.139. The van der Waals surface area contributed by atoms with E-state index in [2.05, 4.69) is 15.7 Å². The Morgan fingerprint density at radius 3 is 2.67 bits per heavy atom. The highest BCUT2D eigenvalue weighted by atomic mass is 35.5. The van der Waals surface area contributed by atoms with Crippen LogP contribution in [0, 0.1) is 6.92 Å². The van der Waals surface area contributed by atoms with Crippen molar-refractivity contribution in [2.75, 3.05) is 6.61 Å². The molecule has 2 N–H and O–H groups in total. The van der Waals surface area contributed by atoms with Crippen molar-refractivity contribution < 1.29 is 14.3 Å². The number of esters is 1. The lowest BCUT2D eigenvalue weighted by Crippen LogP contribution is -2.45. The molecule has 2 heterocycles. The summed E-state index contributed by atoms with van der Waals surface area (Å²) in [6, 6.07) is -1.08. The van der Waals surface area contributed by atoms with Crippen LogP contribution in [-0.2, 0) is 16.6 Å². The van der Waals surface area contributed by atoms with Crippen LogP contribution in [0.3, 0.4) is 0 Å². The van der Waals surface area contributed by atoms with E-state index in [1.54, 1.807) is 27.8 Å². The number of rotatable bonds is 3. The summed E-state index contributed by atoms with van der Waals surface area (Å²) in [6.45, 7) is 5.39. The van der Waals surface area contributed by atoms with E-state index in [4.69, 9.17) is 16.3 Å². The lowest BCUT2D eigenvalue weighted by atomic mass is 9.96. The molecular formula is C13H17ClN4O3. The van der Waals surface area contributed by atoms with Crippen molar-refractivity contribution >= 4 is 23.6 Å². The standard InChI is InChI=1S/C13H17ClN4O3/c1-5-21-12(19)9-6(2)15-13(20)16-10(9)8-7(3)17-18(4)11(8)14/h10H,5H2,1-4H3,(H2,15,16,20)/t10-/m0/s1. The number of amides is 2. The van der Waals surface area contributed by atoms with Crippen LogP contribution < -0.4 is 10.6 Å². The van der Waals surface area contributed by atoms with Crippen molar-refractivity contribution in [3.05, 3.63) is 27.7 Å². The molecule has 0 fully saturated rings. The van der Waals surface area contributed by atoms with Gasteiger partial charge in [-0.3, -0.25) is 4.68 Å². The van der Waals surface area contributed by atoms with Crippen molar-refractivity contribution in [2.24, 2.45) is 7.05 Å². The van der Waals surface area contributed by atoms with Gasteiger partial charge in [0.25, 0.3) is 0 Å². The number of allylic oxidation sites excluding steroid dienone is 1. The van der Waals surface area contributed by atoms with E-state index in [0.717, 1.165) is 0 Å². The van der Waals surface area contributed by atoms with E-state index in [1.165, 1.54) is 4.68 Å². The number of halogens is 1. The zero-order chi connectivity index (χ0) is 15.7. The highest BCUT2D eigenvalue weighted by Crippen LogP contribution is 2.33. The number of nitrogens with one attached hydrogen (secondary N) is 2. The number of hydrogen-bond acceptors (Lipinski definition) is 4. The Hall–Kier alpha value is -2.02. The molecule has 7 nitrogen and oxygen atoms in total. The Labute approximate surface area is 127 Å². The zero-order valence-electron chi connectivity index (χ0n) is 12.3. The van der Waals surface area contributed by atoms with Crippen LogP contribution in [0.5, 0.6) is 0 Å². The van der Waals surface area contributed by atoms with Gasteiger partial charge in [-0.25, -0.2) is 9.59 Å². The average molecular weight is 313 g/mol. The van der Waals surface area contributed by atoms with E-state index in [1.807, 2.05) is 0 Å². The molecular weight excluding hydrogens is 296 g/mol. The van der Waals surface area contributed by atoms with Gasteiger partial charge in [0, 0.05) is 18.3 Å². The van der Waals surface area contributed by atoms with Crippen molar-refractivity contribution in [1.29, 1.82) is 0 Å². The fourth-order valence-electron chi connectivity index (χ4n) is 2.36. The van der Waals surface area contributed by atoms with Crippen LogP contribution in [0.2, 0.25) is 5.15 Å². The first kappa shape index (κ1) is 15.4. The molecule has 0 aliphatic carbocycles. The van der Waals surface area contributed by atoms with Crippen LogP contribution in [0.15, 0.2) is 11.3 Å². The van der Waals surface area contributed by atoms with E-state index >= 15 is 0 Å². The second-order valence-corrected chi connectivity index (χ2v) is 5.06. The minimum absolute atomic E-state index is 0.246. The Morgan fingerprint density at radius 2 is 2.14 bits per heavy atom. The molecule has 0 saturated heterocycles. The maximum absolute atomic E-state index is 12.2. The summed E-state index contributed by atoms with van der Waals surface area (Å²) in [5.74, 6) is -0.494. The quantitative estimate of drug-likeness (QED) is 0.830. The van der Waals surface area contributed by atoms with Gasteiger partial charge in [0.15, 0.2) is 0 Å². The molecule has 0 bridgehead atoms. The van der Waals surface area contributed by atoms with Gasteiger partial charge in [0.2, 0.25) is 0 Å². The highest BCUT2D eigenvalue weighted by Gasteiger charge is 2.35. The number of ether oxygens (including phenoxy) is 1. The average Bonchev–Trinajstić information content (AvgIpc) is 2.62. The topological polar surface area (TPSA) is 85.2 Å². The second kappa shape index (κ2) is 5.77. The third kappa shape index (κ3) is 2.73. The van der Waals surface area contributed by atoms with Gasteiger partial charge in [-0.05, 0) is 20.8 Å². The van der Waals surface area contributed by atoms with Gasteiger partial charge >= 0.3 is 12.0 Å². The minimum atomic E-state index is -0.681. The normalized spacial score (nSPS) is 18.3. The molecule has 0 aromatic carbocycles. The number of carbonyl (C=O) groups excluding carboxylic acids is 2. The van der Waals surface area contributed by atoms with Crippen molar-refractivity contribution in [2.45, 2.75) is 26.8 Å². The number of aryl methyl sites for hydroxylation is 2. The van der Waals surface area contributed by atoms with Crippen LogP contribution in [0.1, 0.15) is 31.1 Å². The maximum Gasteiger partial charge on any atom is 0.338 e. The maximum atomic E-state index is 12.2. The second-order valence-electron chi connectivity index (χ2n) is 4.70. The third-order valence-electron chi connectivity index (χ3n) is 3.25. The summed E-state index contributed by atoms with van der Waals surface area (Å²) in [5.41, 5.74) is 2.01. The van der Waals surface area contributed by atoms with Gasteiger partial charge in [-0.2, -0.15) is 5.10 Å². The fourth-order valence-corrected chi connectivity index (χ4v) is 2.65. The predicted octanol–water partition coefficient (Wildman–Crippen LogP) is 1.57. The van der Waals surface area contributed by atoms with Crippen LogP contribution in [-0.4, -0.2) is 28.4 Å². The summed E-state index contributed by atoms with van der Waals surface area (Å²) < 4.78 is 6.57. The molecule has 1 aromatic rings. The molecule has 21 heavy (non-hydrogen) atoms. The molecule has 1 aliphatic rings. The Morgan fingerprint density at radius 1 is 1.48 bits per heavy atom. The van der Waals surface area contributed by atoms with Crippen LogP contribution in [0.4, 0.5) is 4.79 Å². The van der Waals surface area contributed by atoms with Gasteiger partial charge in [-0.1, -0.05) is 11.6 Å². The molecule has 0 radical (unpaired) electrons. The Bertz CT molecular complexity index is 636. The molecule has 2 amide bonds. The van der Waals surface area contributed by atoms with E-state index in [-0.39, 0.29) is 6.61 Å². The zero-order valence-corrected chi connectivity index (χ0v) is 13.0. The molecule has 1 aromatic heterocycles. The number of urea groups is 1. The molecule has 0 unspecified atom stereocenters. The van der Waals surface area contributed by atoms with E-state index in [9.17, 15) is 9.59 Å². The number of aromatic nitrogens is 2. The van der Waals surface area contributed by atoms with Gasteiger partial charge in [0.05, 0.1) is 23.9 Å². The number of hydrogen-bond donors (Lipinski definition) is 2. The first-order valence-electron chi connectivity index (χ1n) is 6.51. The molecule has 0 spiro atoms. The molecule has 1 aliphatic heterocycles. The van der Waals surface area contributed by atoms with Crippen LogP contribution in [0.25, 0.3) is 0 Å². The monoisotopic (exact) mass is 312 g/mol. The summed E-state index contributed by atoms with van der Waals surface area (Å²) in [4.78, 5) is 23.9. The highest BCUT2D eigenvalue weighted by molar-refractivity contribution is 6.30. The SMILES string of the molecule is CCOC(=O)C1=C(C)NC(=O)N[C@H]1c1c(C)nn(C)c1Cl. The molecule has 8 heteroatoms. The summed E-state index contributed by atoms with van der Waals surface area (Å²) in [5, 5.41) is 9.86. The molecule has 0 saturated carbocycles. The smallest absolute Gasteiger partial charge is 0.338 e. The van der Waals surface area contributed by atoms with Crippen LogP contribution >= 0.6 is 11.6 Å². The molecule has 1 atom stereocenters. The van der Waals surface area contributed by atoms with Gasteiger partial charge in [0.1, 0.15) is 5.15 Å². The van der Waals surface area contributed by atoms with Gasteiger partial charge < -0.3 is 15.4 Å². The number of carbonyl (C=O) groups is 2. The Balaban J connectivity index is 2.55. The van der Waals surface area contributed by atoms with Crippen molar-refractivity contribution in [3.63, 3.8) is 0 Å². The predicted molar refractivity (Wildman–Crippen MR) is 76.7 cm³/mol. The minimum Gasteiger partial charge on any atom is -0.463 e. The van der Waals surface area contributed by atoms with Crippen molar-refractivity contribution in [3.8, 4) is 0 Å². The molecule has 114 valence electrons. The number of nitrogens with zero attached hydrogens (tertiary/aromatic N) is 2. The first-order chi connectivity index (χ1) is 9.86.